The Bertz CT molecular complexity index is 593. The topological polar surface area (TPSA) is 56.7 Å². The SMILES string of the molecule is Nc1cc(-n2ncc(Cl)n2)c(C(F)(F)F)cc1F. The maximum absolute atomic E-state index is 13.1. The van der Waals surface area contributed by atoms with Crippen molar-refractivity contribution in [1.29, 1.82) is 0 Å². The van der Waals surface area contributed by atoms with Crippen LogP contribution in [0.15, 0.2) is 18.3 Å². The highest BCUT2D eigenvalue weighted by atomic mass is 35.5. The lowest BCUT2D eigenvalue weighted by Gasteiger charge is -2.13. The molecular weight excluding hydrogens is 276 g/mol. The van der Waals surface area contributed by atoms with Crippen LogP contribution in [-0.4, -0.2) is 15.0 Å². The first-order chi connectivity index (χ1) is 8.29. The molecular formula is C9H5ClF4N4. The highest BCUT2D eigenvalue weighted by molar-refractivity contribution is 6.29. The highest BCUT2D eigenvalue weighted by Gasteiger charge is 2.35. The van der Waals surface area contributed by atoms with Crippen molar-refractivity contribution >= 4 is 17.3 Å². The number of halogens is 5. The van der Waals surface area contributed by atoms with E-state index in [1.54, 1.807) is 0 Å². The minimum absolute atomic E-state index is 0.0916. The van der Waals surface area contributed by atoms with E-state index in [0.717, 1.165) is 12.3 Å². The molecule has 9 heteroatoms. The van der Waals surface area contributed by atoms with E-state index >= 15 is 0 Å². The van der Waals surface area contributed by atoms with Crippen molar-refractivity contribution in [2.24, 2.45) is 0 Å². The summed E-state index contributed by atoms with van der Waals surface area (Å²) in [6.45, 7) is 0. The fourth-order valence-electron chi connectivity index (χ4n) is 1.33. The van der Waals surface area contributed by atoms with E-state index in [4.69, 9.17) is 17.3 Å². The Hall–Kier alpha value is -1.83. The van der Waals surface area contributed by atoms with Crippen molar-refractivity contribution in [3.63, 3.8) is 0 Å². The molecule has 0 amide bonds. The summed E-state index contributed by atoms with van der Waals surface area (Å²) in [7, 11) is 0. The van der Waals surface area contributed by atoms with Crippen LogP contribution in [0.2, 0.25) is 5.15 Å². The average molecular weight is 281 g/mol. The van der Waals surface area contributed by atoms with E-state index in [9.17, 15) is 17.6 Å². The Morgan fingerprint density at radius 1 is 1.28 bits per heavy atom. The van der Waals surface area contributed by atoms with Gasteiger partial charge in [0, 0.05) is 0 Å². The number of hydrogen-bond donors (Lipinski definition) is 1. The first-order valence-electron chi connectivity index (χ1n) is 4.53. The minimum Gasteiger partial charge on any atom is -0.396 e. The zero-order valence-corrected chi connectivity index (χ0v) is 9.30. The molecule has 0 bridgehead atoms. The molecule has 2 N–H and O–H groups in total. The van der Waals surface area contributed by atoms with Crippen LogP contribution in [0.4, 0.5) is 23.2 Å². The molecule has 0 spiro atoms. The minimum atomic E-state index is -4.76. The number of alkyl halides is 3. The molecule has 0 saturated carbocycles. The molecule has 0 unspecified atom stereocenters. The van der Waals surface area contributed by atoms with Crippen LogP contribution in [0.1, 0.15) is 5.56 Å². The van der Waals surface area contributed by atoms with Gasteiger partial charge in [0.1, 0.15) is 11.5 Å². The van der Waals surface area contributed by atoms with Gasteiger partial charge < -0.3 is 5.73 Å². The number of nitrogens with two attached hydrogens (primary N) is 1. The van der Waals surface area contributed by atoms with Gasteiger partial charge in [0.25, 0.3) is 0 Å². The molecule has 0 aliphatic rings. The molecule has 18 heavy (non-hydrogen) atoms. The van der Waals surface area contributed by atoms with Gasteiger partial charge in [-0.3, -0.25) is 0 Å². The third-order valence-corrected chi connectivity index (χ3v) is 2.27. The van der Waals surface area contributed by atoms with Gasteiger partial charge in [-0.15, -0.1) is 9.90 Å². The fraction of sp³-hybridized carbons (Fsp3) is 0.111. The predicted octanol–water partition coefficient (Wildman–Crippen LogP) is 2.66. The molecule has 0 atom stereocenters. The van der Waals surface area contributed by atoms with Gasteiger partial charge in [0.15, 0.2) is 5.15 Å². The van der Waals surface area contributed by atoms with Gasteiger partial charge in [0.05, 0.1) is 17.4 Å². The Labute approximate surface area is 103 Å². The van der Waals surface area contributed by atoms with E-state index in [1.165, 1.54) is 0 Å². The van der Waals surface area contributed by atoms with Crippen molar-refractivity contribution in [2.45, 2.75) is 6.18 Å². The van der Waals surface area contributed by atoms with Gasteiger partial charge in [-0.05, 0) is 12.1 Å². The van der Waals surface area contributed by atoms with Crippen molar-refractivity contribution in [2.75, 3.05) is 5.73 Å². The van der Waals surface area contributed by atoms with Crippen molar-refractivity contribution < 1.29 is 17.6 Å². The number of nitrogens with zero attached hydrogens (tertiary/aromatic N) is 3. The van der Waals surface area contributed by atoms with Crippen LogP contribution in [0.25, 0.3) is 5.69 Å². The number of nitrogen functional groups attached to an aromatic ring is 1. The summed E-state index contributed by atoms with van der Waals surface area (Å²) < 4.78 is 51.3. The largest absolute Gasteiger partial charge is 0.418 e. The second-order valence-corrected chi connectivity index (χ2v) is 3.73. The summed E-state index contributed by atoms with van der Waals surface area (Å²) in [6, 6.07) is 1.09. The second-order valence-electron chi connectivity index (χ2n) is 3.35. The zero-order valence-electron chi connectivity index (χ0n) is 8.54. The molecule has 4 nitrogen and oxygen atoms in total. The van der Waals surface area contributed by atoms with Gasteiger partial charge in [-0.25, -0.2) is 4.39 Å². The molecule has 1 aromatic carbocycles. The lowest BCUT2D eigenvalue weighted by molar-refractivity contribution is -0.137. The van der Waals surface area contributed by atoms with Crippen LogP contribution >= 0.6 is 11.6 Å². The predicted molar refractivity (Wildman–Crippen MR) is 55.7 cm³/mol. The van der Waals surface area contributed by atoms with Gasteiger partial charge in [-0.1, -0.05) is 11.6 Å². The number of anilines is 1. The lowest BCUT2D eigenvalue weighted by atomic mass is 10.1. The maximum Gasteiger partial charge on any atom is 0.418 e. The monoisotopic (exact) mass is 280 g/mol. The summed E-state index contributed by atoms with van der Waals surface area (Å²) >= 11 is 5.47. The van der Waals surface area contributed by atoms with E-state index in [-0.39, 0.29) is 5.15 Å². The Balaban J connectivity index is 2.69. The Morgan fingerprint density at radius 3 is 2.44 bits per heavy atom. The number of benzene rings is 1. The summed E-state index contributed by atoms with van der Waals surface area (Å²) in [5, 5.41) is 6.95. The Kier molecular flexibility index (Phi) is 2.89. The molecule has 1 aromatic heterocycles. The number of hydrogen-bond acceptors (Lipinski definition) is 3. The fourth-order valence-corrected chi connectivity index (χ4v) is 1.45. The van der Waals surface area contributed by atoms with E-state index in [2.05, 4.69) is 10.2 Å². The van der Waals surface area contributed by atoms with E-state index in [0.29, 0.717) is 10.9 Å². The quantitative estimate of drug-likeness (QED) is 0.645. The van der Waals surface area contributed by atoms with Crippen LogP contribution in [-0.2, 0) is 6.18 Å². The maximum atomic E-state index is 13.1. The number of rotatable bonds is 1. The van der Waals surface area contributed by atoms with Crippen molar-refractivity contribution in [3.8, 4) is 5.69 Å². The third kappa shape index (κ3) is 2.23. The summed E-state index contributed by atoms with van der Waals surface area (Å²) in [5.74, 6) is -1.16. The molecule has 0 saturated heterocycles. The Morgan fingerprint density at radius 2 is 1.94 bits per heavy atom. The van der Waals surface area contributed by atoms with Crippen LogP contribution in [0.5, 0.6) is 0 Å². The third-order valence-electron chi connectivity index (χ3n) is 2.10. The molecule has 1 heterocycles. The standard InChI is InChI=1S/C9H5ClF4N4/c10-8-3-16-18(17-8)7-2-6(15)5(11)1-4(7)9(12,13)14/h1-3H,15H2. The number of aromatic nitrogens is 3. The van der Waals surface area contributed by atoms with Crippen LogP contribution in [0.3, 0.4) is 0 Å². The summed E-state index contributed by atoms with van der Waals surface area (Å²) in [5.41, 5.74) is 3.07. The lowest BCUT2D eigenvalue weighted by Crippen LogP contribution is -2.14. The van der Waals surface area contributed by atoms with Crippen LogP contribution in [0, 0.1) is 5.82 Å². The first-order valence-corrected chi connectivity index (χ1v) is 4.91. The first kappa shape index (κ1) is 12.6. The van der Waals surface area contributed by atoms with Gasteiger partial charge in [-0.2, -0.15) is 18.3 Å². The average Bonchev–Trinajstić information content (AvgIpc) is 2.67. The summed E-state index contributed by atoms with van der Waals surface area (Å²) in [4.78, 5) is 0.640. The molecule has 0 aliphatic heterocycles. The molecule has 0 aliphatic carbocycles. The molecule has 0 fully saturated rings. The second kappa shape index (κ2) is 4.13. The normalized spacial score (nSPS) is 11.8. The van der Waals surface area contributed by atoms with Gasteiger partial charge in [0.2, 0.25) is 0 Å². The molecule has 2 rings (SSSR count). The molecule has 2 aromatic rings. The van der Waals surface area contributed by atoms with Gasteiger partial charge >= 0.3 is 6.18 Å². The van der Waals surface area contributed by atoms with Crippen LogP contribution < -0.4 is 5.73 Å². The summed E-state index contributed by atoms with van der Waals surface area (Å²) in [6.07, 6.45) is -3.70. The molecule has 96 valence electrons. The van der Waals surface area contributed by atoms with E-state index in [1.807, 2.05) is 0 Å². The smallest absolute Gasteiger partial charge is 0.396 e. The zero-order chi connectivity index (χ0) is 13.5. The molecule has 0 radical (unpaired) electrons. The van der Waals surface area contributed by atoms with Crippen molar-refractivity contribution in [1.82, 2.24) is 15.0 Å². The van der Waals surface area contributed by atoms with E-state index < -0.39 is 28.9 Å². The van der Waals surface area contributed by atoms with Crippen molar-refractivity contribution in [3.05, 3.63) is 34.9 Å². The highest BCUT2D eigenvalue weighted by Crippen LogP contribution is 2.35.